The van der Waals surface area contributed by atoms with Gasteiger partial charge in [-0.3, -0.25) is 9.59 Å². The molecule has 1 unspecified atom stereocenters. The SMILES string of the molecule is O=C(Nc1cnn2cccnc12)C(=O)N1CCCC1c1cc(Cl)ccc1Cl. The lowest BCUT2D eigenvalue weighted by Crippen LogP contribution is -2.39. The van der Waals surface area contributed by atoms with Crippen molar-refractivity contribution in [3.8, 4) is 0 Å². The standard InChI is InChI=1S/C18H15Cl2N5O2/c19-11-4-5-13(20)12(9-11)15-3-1-7-24(15)18(27)17(26)23-14-10-22-25-8-2-6-21-16(14)25/h2,4-6,8-10,15H,1,3,7H2,(H,23,26). The number of carbonyl (C=O) groups is 2. The van der Waals surface area contributed by atoms with E-state index in [1.54, 1.807) is 36.7 Å². The fourth-order valence-electron chi connectivity index (χ4n) is 3.32. The summed E-state index contributed by atoms with van der Waals surface area (Å²) in [5.74, 6) is -1.36. The zero-order chi connectivity index (χ0) is 19.0. The summed E-state index contributed by atoms with van der Waals surface area (Å²) in [5, 5.41) is 7.76. The summed E-state index contributed by atoms with van der Waals surface area (Å²) in [7, 11) is 0. The molecule has 3 aromatic rings. The Kier molecular flexibility index (Phi) is 4.72. The monoisotopic (exact) mass is 403 g/mol. The number of amides is 2. The third-order valence-corrected chi connectivity index (χ3v) is 5.13. The van der Waals surface area contributed by atoms with Crippen molar-refractivity contribution in [1.29, 1.82) is 0 Å². The fraction of sp³-hybridized carbons (Fsp3) is 0.222. The van der Waals surface area contributed by atoms with Crippen molar-refractivity contribution < 1.29 is 9.59 Å². The molecule has 0 saturated carbocycles. The van der Waals surface area contributed by atoms with E-state index < -0.39 is 11.8 Å². The molecular formula is C18H15Cl2N5O2. The van der Waals surface area contributed by atoms with Crippen LogP contribution in [0.25, 0.3) is 5.65 Å². The number of halogens is 2. The van der Waals surface area contributed by atoms with Gasteiger partial charge in [-0.05, 0) is 42.7 Å². The molecule has 3 heterocycles. The van der Waals surface area contributed by atoms with Crippen molar-refractivity contribution in [2.75, 3.05) is 11.9 Å². The van der Waals surface area contributed by atoms with Crippen LogP contribution in [0.5, 0.6) is 0 Å². The molecule has 1 atom stereocenters. The zero-order valence-electron chi connectivity index (χ0n) is 14.1. The molecule has 138 valence electrons. The smallest absolute Gasteiger partial charge is 0.314 e. The maximum Gasteiger partial charge on any atom is 0.314 e. The average Bonchev–Trinajstić information content (AvgIpc) is 3.31. The molecule has 27 heavy (non-hydrogen) atoms. The van der Waals surface area contributed by atoms with Crippen molar-refractivity contribution in [2.45, 2.75) is 18.9 Å². The summed E-state index contributed by atoms with van der Waals surface area (Å²) in [4.78, 5) is 31.0. The first-order chi connectivity index (χ1) is 13.0. The number of hydrogen-bond donors (Lipinski definition) is 1. The second-order valence-corrected chi connectivity index (χ2v) is 7.07. The van der Waals surface area contributed by atoms with Crippen LogP contribution in [0, 0.1) is 0 Å². The Morgan fingerprint density at radius 2 is 2.11 bits per heavy atom. The number of hydrogen-bond acceptors (Lipinski definition) is 4. The van der Waals surface area contributed by atoms with Crippen molar-refractivity contribution in [1.82, 2.24) is 19.5 Å². The zero-order valence-corrected chi connectivity index (χ0v) is 15.6. The van der Waals surface area contributed by atoms with Crippen LogP contribution in [0.1, 0.15) is 24.4 Å². The first kappa shape index (κ1) is 17.8. The molecule has 1 fully saturated rings. The van der Waals surface area contributed by atoms with E-state index in [0.717, 1.165) is 18.4 Å². The van der Waals surface area contributed by atoms with Crippen molar-refractivity contribution in [2.24, 2.45) is 0 Å². The summed E-state index contributed by atoms with van der Waals surface area (Å²) in [5.41, 5.74) is 1.60. The van der Waals surface area contributed by atoms with Gasteiger partial charge in [0.1, 0.15) is 5.69 Å². The summed E-state index contributed by atoms with van der Waals surface area (Å²) in [6.45, 7) is 0.479. The molecule has 1 aliphatic rings. The number of aromatic nitrogens is 3. The number of likely N-dealkylation sites (tertiary alicyclic amines) is 1. The number of nitrogens with zero attached hydrogens (tertiary/aromatic N) is 4. The third-order valence-electron chi connectivity index (χ3n) is 4.55. The van der Waals surface area contributed by atoms with E-state index in [4.69, 9.17) is 23.2 Å². The normalized spacial score (nSPS) is 16.7. The van der Waals surface area contributed by atoms with E-state index >= 15 is 0 Å². The number of nitrogens with one attached hydrogen (secondary N) is 1. The van der Waals surface area contributed by atoms with Gasteiger partial charge in [0.15, 0.2) is 5.65 Å². The number of benzene rings is 1. The van der Waals surface area contributed by atoms with Gasteiger partial charge in [0.2, 0.25) is 0 Å². The highest BCUT2D eigenvalue weighted by Gasteiger charge is 2.34. The first-order valence-electron chi connectivity index (χ1n) is 8.40. The Hall–Kier alpha value is -2.64. The Morgan fingerprint density at radius 3 is 2.96 bits per heavy atom. The van der Waals surface area contributed by atoms with Gasteiger partial charge in [-0.2, -0.15) is 5.10 Å². The van der Waals surface area contributed by atoms with Crippen LogP contribution < -0.4 is 5.32 Å². The largest absolute Gasteiger partial charge is 0.327 e. The quantitative estimate of drug-likeness (QED) is 0.665. The van der Waals surface area contributed by atoms with E-state index in [9.17, 15) is 9.59 Å². The maximum absolute atomic E-state index is 12.8. The van der Waals surface area contributed by atoms with Crippen LogP contribution in [0.2, 0.25) is 10.0 Å². The van der Waals surface area contributed by atoms with Gasteiger partial charge in [0, 0.05) is 29.0 Å². The minimum Gasteiger partial charge on any atom is -0.327 e. The molecule has 4 rings (SSSR count). The Bertz CT molecular complexity index is 1040. The predicted octanol–water partition coefficient (Wildman–Crippen LogP) is 3.34. The van der Waals surface area contributed by atoms with Crippen LogP contribution in [0.4, 0.5) is 5.69 Å². The van der Waals surface area contributed by atoms with E-state index in [0.29, 0.717) is 27.9 Å². The van der Waals surface area contributed by atoms with Gasteiger partial charge in [-0.15, -0.1) is 0 Å². The van der Waals surface area contributed by atoms with Gasteiger partial charge in [-0.1, -0.05) is 23.2 Å². The topological polar surface area (TPSA) is 79.6 Å². The second kappa shape index (κ2) is 7.17. The fourth-order valence-corrected chi connectivity index (χ4v) is 3.75. The molecular weight excluding hydrogens is 389 g/mol. The molecule has 0 bridgehead atoms. The first-order valence-corrected chi connectivity index (χ1v) is 9.15. The Morgan fingerprint density at radius 1 is 1.26 bits per heavy atom. The van der Waals surface area contributed by atoms with Crippen LogP contribution >= 0.6 is 23.2 Å². The van der Waals surface area contributed by atoms with Gasteiger partial charge in [-0.25, -0.2) is 9.50 Å². The lowest BCUT2D eigenvalue weighted by molar-refractivity contribution is -0.143. The number of carbonyl (C=O) groups excluding carboxylic acids is 2. The molecule has 1 aliphatic heterocycles. The highest BCUT2D eigenvalue weighted by Crippen LogP contribution is 2.37. The molecule has 2 amide bonds. The third kappa shape index (κ3) is 3.36. The summed E-state index contributed by atoms with van der Waals surface area (Å²) >= 11 is 12.4. The van der Waals surface area contributed by atoms with Gasteiger partial charge < -0.3 is 10.2 Å². The van der Waals surface area contributed by atoms with Crippen LogP contribution in [0.15, 0.2) is 42.9 Å². The molecule has 1 saturated heterocycles. The molecule has 0 spiro atoms. The van der Waals surface area contributed by atoms with E-state index in [-0.39, 0.29) is 6.04 Å². The maximum atomic E-state index is 12.8. The molecule has 1 aromatic carbocycles. The summed E-state index contributed by atoms with van der Waals surface area (Å²) in [6, 6.07) is 6.58. The summed E-state index contributed by atoms with van der Waals surface area (Å²) in [6.07, 6.45) is 6.26. The number of fused-ring (bicyclic) bond motifs is 1. The second-order valence-electron chi connectivity index (χ2n) is 6.22. The molecule has 2 aromatic heterocycles. The highest BCUT2D eigenvalue weighted by molar-refractivity contribution is 6.40. The van der Waals surface area contributed by atoms with Crippen molar-refractivity contribution in [3.05, 3.63) is 58.5 Å². The predicted molar refractivity (Wildman–Crippen MR) is 102 cm³/mol. The van der Waals surface area contributed by atoms with Crippen LogP contribution in [-0.4, -0.2) is 37.9 Å². The van der Waals surface area contributed by atoms with Crippen LogP contribution in [0.3, 0.4) is 0 Å². The average molecular weight is 404 g/mol. The molecule has 0 radical (unpaired) electrons. The minimum atomic E-state index is -0.736. The highest BCUT2D eigenvalue weighted by atomic mass is 35.5. The minimum absolute atomic E-state index is 0.281. The van der Waals surface area contributed by atoms with Gasteiger partial charge in [0.25, 0.3) is 0 Å². The van der Waals surface area contributed by atoms with E-state index in [2.05, 4.69) is 15.4 Å². The number of anilines is 1. The van der Waals surface area contributed by atoms with Gasteiger partial charge >= 0.3 is 11.8 Å². The molecule has 1 N–H and O–H groups in total. The summed E-state index contributed by atoms with van der Waals surface area (Å²) < 4.78 is 1.52. The lowest BCUT2D eigenvalue weighted by Gasteiger charge is -2.25. The van der Waals surface area contributed by atoms with Gasteiger partial charge in [0.05, 0.1) is 12.2 Å². The Labute approximate surface area is 164 Å². The molecule has 7 nitrogen and oxygen atoms in total. The Balaban J connectivity index is 1.56. The van der Waals surface area contributed by atoms with Crippen molar-refractivity contribution >= 4 is 46.4 Å². The van der Waals surface area contributed by atoms with E-state index in [1.165, 1.54) is 15.6 Å². The number of rotatable bonds is 2. The van der Waals surface area contributed by atoms with Crippen molar-refractivity contribution in [3.63, 3.8) is 0 Å². The van der Waals surface area contributed by atoms with E-state index in [1.807, 2.05) is 0 Å². The molecule has 9 heteroatoms. The van der Waals surface area contributed by atoms with Crippen LogP contribution in [-0.2, 0) is 9.59 Å². The molecule has 0 aliphatic carbocycles. The lowest BCUT2D eigenvalue weighted by atomic mass is 10.0.